The van der Waals surface area contributed by atoms with E-state index in [-0.39, 0.29) is 11.8 Å². The molecule has 2 atom stereocenters. The second kappa shape index (κ2) is 6.02. The van der Waals surface area contributed by atoms with Crippen LogP contribution >= 0.6 is 0 Å². The molecule has 104 valence electrons. The van der Waals surface area contributed by atoms with Gasteiger partial charge in [0.05, 0.1) is 6.10 Å². The maximum atomic E-state index is 12.3. The number of hydrogen-bond donors (Lipinski definition) is 2. The van der Waals surface area contributed by atoms with Crippen LogP contribution in [0.15, 0.2) is 18.2 Å². The number of pyridine rings is 1. The Labute approximate surface area is 113 Å². The lowest BCUT2D eigenvalue weighted by molar-refractivity contribution is 0.0245. The molecule has 1 aromatic rings. The summed E-state index contributed by atoms with van der Waals surface area (Å²) in [4.78, 5) is 18.3. The summed E-state index contributed by atoms with van der Waals surface area (Å²) < 4.78 is 0. The Morgan fingerprint density at radius 3 is 3.05 bits per heavy atom. The maximum absolute atomic E-state index is 12.3. The number of rotatable bonds is 3. The van der Waals surface area contributed by atoms with Crippen LogP contribution in [-0.2, 0) is 0 Å². The number of carbonyl (C=O) groups excluding carboxylic acids is 1. The molecule has 2 N–H and O–H groups in total. The van der Waals surface area contributed by atoms with Gasteiger partial charge in [-0.15, -0.1) is 0 Å². The Kier molecular flexibility index (Phi) is 4.37. The molecule has 1 aliphatic rings. The molecule has 2 unspecified atom stereocenters. The van der Waals surface area contributed by atoms with Gasteiger partial charge < -0.3 is 15.3 Å². The summed E-state index contributed by atoms with van der Waals surface area (Å²) in [6.45, 7) is 5.84. The van der Waals surface area contributed by atoms with E-state index in [1.54, 1.807) is 11.0 Å². The zero-order chi connectivity index (χ0) is 13.8. The highest BCUT2D eigenvalue weighted by molar-refractivity contribution is 5.92. The summed E-state index contributed by atoms with van der Waals surface area (Å²) >= 11 is 0. The quantitative estimate of drug-likeness (QED) is 0.864. The van der Waals surface area contributed by atoms with Gasteiger partial charge in [-0.25, -0.2) is 4.98 Å². The van der Waals surface area contributed by atoms with Gasteiger partial charge in [0, 0.05) is 19.6 Å². The van der Waals surface area contributed by atoms with Crippen molar-refractivity contribution < 1.29 is 9.90 Å². The minimum absolute atomic E-state index is 0.106. The number of amides is 1. The van der Waals surface area contributed by atoms with Crippen LogP contribution in [0.1, 0.15) is 30.8 Å². The molecule has 0 aromatic carbocycles. The van der Waals surface area contributed by atoms with E-state index in [9.17, 15) is 9.90 Å². The number of aliphatic hydroxyl groups is 1. The fourth-order valence-electron chi connectivity index (χ4n) is 2.23. The van der Waals surface area contributed by atoms with E-state index >= 15 is 0 Å². The lowest BCUT2D eigenvalue weighted by Crippen LogP contribution is -2.46. The van der Waals surface area contributed by atoms with Crippen molar-refractivity contribution in [1.29, 1.82) is 0 Å². The van der Waals surface area contributed by atoms with Crippen molar-refractivity contribution in [3.63, 3.8) is 0 Å². The normalized spacial score (nSPS) is 23.2. The van der Waals surface area contributed by atoms with Crippen molar-refractivity contribution in [1.82, 2.24) is 9.88 Å². The number of nitrogens with one attached hydrogen (secondary N) is 1. The first-order valence-electron chi connectivity index (χ1n) is 6.80. The minimum atomic E-state index is -0.436. The number of aromatic nitrogens is 1. The van der Waals surface area contributed by atoms with E-state index < -0.39 is 6.10 Å². The Morgan fingerprint density at radius 1 is 1.58 bits per heavy atom. The van der Waals surface area contributed by atoms with E-state index in [0.29, 0.717) is 24.6 Å². The molecule has 5 nitrogen and oxygen atoms in total. The van der Waals surface area contributed by atoms with Gasteiger partial charge >= 0.3 is 0 Å². The molecule has 2 heterocycles. The van der Waals surface area contributed by atoms with Crippen LogP contribution < -0.4 is 5.32 Å². The molecule has 0 aliphatic carbocycles. The molecule has 1 saturated heterocycles. The first kappa shape index (κ1) is 13.8. The Morgan fingerprint density at radius 2 is 2.37 bits per heavy atom. The van der Waals surface area contributed by atoms with Gasteiger partial charge in [-0.3, -0.25) is 4.79 Å². The molecular weight excluding hydrogens is 242 g/mol. The second-order valence-corrected chi connectivity index (χ2v) is 5.02. The van der Waals surface area contributed by atoms with Gasteiger partial charge in [0.15, 0.2) is 0 Å². The molecule has 1 aliphatic heterocycles. The molecule has 19 heavy (non-hydrogen) atoms. The Bertz CT molecular complexity index is 450. The monoisotopic (exact) mass is 263 g/mol. The zero-order valence-electron chi connectivity index (χ0n) is 11.5. The standard InChI is InChI=1S/C14H21N3O2/c1-3-15-13-6-4-5-11(16-13)14(19)17-8-7-10(2)12(18)9-17/h4-6,10,12,18H,3,7-9H2,1-2H3,(H,15,16). The lowest BCUT2D eigenvalue weighted by atomic mass is 9.96. The number of aliphatic hydroxyl groups excluding tert-OH is 1. The van der Waals surface area contributed by atoms with Gasteiger partial charge in [-0.05, 0) is 31.4 Å². The summed E-state index contributed by atoms with van der Waals surface area (Å²) in [5.74, 6) is 0.857. The molecule has 0 bridgehead atoms. The number of nitrogens with zero attached hydrogens (tertiary/aromatic N) is 2. The summed E-state index contributed by atoms with van der Waals surface area (Å²) in [6, 6.07) is 5.38. The SMILES string of the molecule is CCNc1cccc(C(=O)N2CCC(C)C(O)C2)n1. The maximum Gasteiger partial charge on any atom is 0.272 e. The third-order valence-electron chi connectivity index (χ3n) is 3.53. The van der Waals surface area contributed by atoms with Crippen LogP contribution in [0.3, 0.4) is 0 Å². The van der Waals surface area contributed by atoms with Crippen molar-refractivity contribution in [3.05, 3.63) is 23.9 Å². The first-order chi connectivity index (χ1) is 9.11. The van der Waals surface area contributed by atoms with E-state index in [0.717, 1.165) is 13.0 Å². The van der Waals surface area contributed by atoms with E-state index in [1.165, 1.54) is 0 Å². The topological polar surface area (TPSA) is 65.5 Å². The van der Waals surface area contributed by atoms with Gasteiger partial charge in [-0.2, -0.15) is 0 Å². The molecule has 0 spiro atoms. The third kappa shape index (κ3) is 3.23. The van der Waals surface area contributed by atoms with E-state index in [1.807, 2.05) is 26.0 Å². The first-order valence-corrected chi connectivity index (χ1v) is 6.80. The predicted octanol–water partition coefficient (Wildman–Crippen LogP) is 1.36. The Balaban J connectivity index is 2.09. The van der Waals surface area contributed by atoms with Crippen LogP contribution in [0.2, 0.25) is 0 Å². The molecule has 5 heteroatoms. The average molecular weight is 263 g/mol. The van der Waals surface area contributed by atoms with Gasteiger partial charge in [-0.1, -0.05) is 13.0 Å². The minimum Gasteiger partial charge on any atom is -0.391 e. The van der Waals surface area contributed by atoms with Crippen molar-refractivity contribution in [2.45, 2.75) is 26.4 Å². The number of carbonyl (C=O) groups is 1. The highest BCUT2D eigenvalue weighted by atomic mass is 16.3. The van der Waals surface area contributed by atoms with Gasteiger partial charge in [0.2, 0.25) is 0 Å². The molecule has 2 rings (SSSR count). The van der Waals surface area contributed by atoms with Crippen molar-refractivity contribution in [2.75, 3.05) is 25.0 Å². The van der Waals surface area contributed by atoms with Crippen LogP contribution in [0.4, 0.5) is 5.82 Å². The molecular formula is C14H21N3O2. The zero-order valence-corrected chi connectivity index (χ0v) is 11.5. The molecule has 0 saturated carbocycles. The van der Waals surface area contributed by atoms with Crippen LogP contribution in [0, 0.1) is 5.92 Å². The summed E-state index contributed by atoms with van der Waals surface area (Å²) in [7, 11) is 0. The Hall–Kier alpha value is -1.62. The molecule has 1 amide bonds. The van der Waals surface area contributed by atoms with E-state index in [2.05, 4.69) is 10.3 Å². The highest BCUT2D eigenvalue weighted by Gasteiger charge is 2.28. The summed E-state index contributed by atoms with van der Waals surface area (Å²) in [6.07, 6.45) is 0.398. The largest absolute Gasteiger partial charge is 0.391 e. The van der Waals surface area contributed by atoms with Crippen molar-refractivity contribution >= 4 is 11.7 Å². The number of likely N-dealkylation sites (tertiary alicyclic amines) is 1. The van der Waals surface area contributed by atoms with Crippen LogP contribution in [0.25, 0.3) is 0 Å². The summed E-state index contributed by atoms with van der Waals surface area (Å²) in [5.41, 5.74) is 0.431. The number of piperidine rings is 1. The molecule has 1 aromatic heterocycles. The number of β-amino-alcohol motifs (C(OH)–C–C–N with tert-alkyl or cyclic N) is 1. The smallest absolute Gasteiger partial charge is 0.272 e. The number of hydrogen-bond acceptors (Lipinski definition) is 4. The van der Waals surface area contributed by atoms with Crippen molar-refractivity contribution in [3.8, 4) is 0 Å². The number of anilines is 1. The van der Waals surface area contributed by atoms with Crippen molar-refractivity contribution in [2.24, 2.45) is 5.92 Å². The predicted molar refractivity (Wildman–Crippen MR) is 74.1 cm³/mol. The van der Waals surface area contributed by atoms with Gasteiger partial charge in [0.25, 0.3) is 5.91 Å². The van der Waals surface area contributed by atoms with Gasteiger partial charge in [0.1, 0.15) is 11.5 Å². The lowest BCUT2D eigenvalue weighted by Gasteiger charge is -2.34. The second-order valence-electron chi connectivity index (χ2n) is 5.02. The summed E-state index contributed by atoms with van der Waals surface area (Å²) in [5, 5.41) is 12.9. The molecule has 0 radical (unpaired) electrons. The van der Waals surface area contributed by atoms with Crippen LogP contribution in [-0.4, -0.2) is 46.6 Å². The third-order valence-corrected chi connectivity index (χ3v) is 3.53. The highest BCUT2D eigenvalue weighted by Crippen LogP contribution is 2.18. The van der Waals surface area contributed by atoms with E-state index in [4.69, 9.17) is 0 Å². The molecule has 1 fully saturated rings. The average Bonchev–Trinajstić information content (AvgIpc) is 2.42. The van der Waals surface area contributed by atoms with Crippen LogP contribution in [0.5, 0.6) is 0 Å². The fraction of sp³-hybridized carbons (Fsp3) is 0.571. The fourth-order valence-corrected chi connectivity index (χ4v) is 2.23.